The summed E-state index contributed by atoms with van der Waals surface area (Å²) < 4.78 is 21.6. The third-order valence-corrected chi connectivity index (χ3v) is 6.46. The van der Waals surface area contributed by atoms with E-state index >= 15 is 0 Å². The molecule has 0 unspecified atom stereocenters. The van der Waals surface area contributed by atoms with Gasteiger partial charge in [0.2, 0.25) is 6.29 Å². The van der Waals surface area contributed by atoms with Gasteiger partial charge in [0.05, 0.1) is 16.7 Å². The molecule has 1 aliphatic heterocycles. The van der Waals surface area contributed by atoms with E-state index in [0.717, 1.165) is 43.3 Å². The number of rotatable bonds is 8. The van der Waals surface area contributed by atoms with Crippen LogP contribution in [0.15, 0.2) is 42.5 Å². The monoisotopic (exact) mass is 618 g/mol. The van der Waals surface area contributed by atoms with Crippen molar-refractivity contribution in [3.63, 3.8) is 0 Å². The Balaban J connectivity index is 1.62. The molecule has 0 saturated carbocycles. The van der Waals surface area contributed by atoms with Crippen molar-refractivity contribution in [2.45, 2.75) is 37.6 Å². The molecule has 3 aromatic carbocycles. The number of phenolic OH excluding ortho intramolecular Hbond substituents is 7. The Morgan fingerprint density at radius 1 is 0.750 bits per heavy atom. The van der Waals surface area contributed by atoms with Crippen LogP contribution in [0.1, 0.15) is 38.0 Å². The van der Waals surface area contributed by atoms with Gasteiger partial charge in [-0.1, -0.05) is 0 Å². The molecular formula is C28H26O16. The number of Topliss-reactive ketones (excluding diaryl/α,β-unsaturated/α-hetero) is 1. The maximum atomic E-state index is 12.9. The topological polar surface area (TPSA) is 270 Å². The predicted molar refractivity (Wildman–Crippen MR) is 142 cm³/mol. The van der Waals surface area contributed by atoms with Crippen molar-refractivity contribution in [1.29, 1.82) is 0 Å². The molecule has 16 heteroatoms. The number of hydrogen-bond acceptors (Lipinski definition) is 16. The second kappa shape index (κ2) is 12.4. The first-order chi connectivity index (χ1) is 20.7. The first-order valence-electron chi connectivity index (χ1n) is 12.6. The molecule has 0 radical (unpaired) electrons. The lowest BCUT2D eigenvalue weighted by Gasteiger charge is -2.41. The van der Waals surface area contributed by atoms with Crippen molar-refractivity contribution < 1.29 is 79.3 Å². The molecule has 44 heavy (non-hydrogen) atoms. The highest BCUT2D eigenvalue weighted by Crippen LogP contribution is 2.37. The van der Waals surface area contributed by atoms with Crippen molar-refractivity contribution in [2.75, 3.05) is 6.61 Å². The smallest absolute Gasteiger partial charge is 0.338 e. The van der Waals surface area contributed by atoms with E-state index in [2.05, 4.69) is 0 Å². The minimum absolute atomic E-state index is 0.134. The summed E-state index contributed by atoms with van der Waals surface area (Å²) in [5.74, 6) is -8.76. The standard InChI is InChI=1S/C28H26O16/c1-10(29)14-8-13(30)2-3-19(14)42-28-24(38)25(44-27(40)12-6-17(33)22(36)18(34)7-12)23(37)20(43-28)9-41-26(39)11-4-15(31)21(35)16(32)5-11/h2-8,20,23-25,28,30-38H,9H2,1H3/t20-,23-,24-,25+,28-/m1/s1. The Morgan fingerprint density at radius 3 is 1.80 bits per heavy atom. The molecule has 16 nitrogen and oxygen atoms in total. The van der Waals surface area contributed by atoms with Gasteiger partial charge in [-0.05, 0) is 49.4 Å². The number of aliphatic hydroxyl groups is 2. The number of carbonyl (C=O) groups excluding carboxylic acids is 3. The van der Waals surface area contributed by atoms with E-state index in [4.69, 9.17) is 18.9 Å². The number of aromatic hydroxyl groups is 7. The van der Waals surface area contributed by atoms with Crippen molar-refractivity contribution >= 4 is 17.7 Å². The highest BCUT2D eigenvalue weighted by molar-refractivity contribution is 5.97. The van der Waals surface area contributed by atoms with Crippen LogP contribution >= 0.6 is 0 Å². The summed E-state index contributed by atoms with van der Waals surface area (Å²) in [6.45, 7) is 0.358. The van der Waals surface area contributed by atoms with E-state index in [1.165, 1.54) is 6.07 Å². The fourth-order valence-corrected chi connectivity index (χ4v) is 4.17. The number of ether oxygens (including phenoxy) is 4. The molecule has 234 valence electrons. The number of ketones is 1. The van der Waals surface area contributed by atoms with E-state index in [0.29, 0.717) is 0 Å². The molecule has 5 atom stereocenters. The Hall–Kier alpha value is -5.45. The first-order valence-corrected chi connectivity index (χ1v) is 12.6. The summed E-state index contributed by atoms with van der Waals surface area (Å²) in [5.41, 5.74) is -1.06. The SMILES string of the molecule is CC(=O)c1cc(O)ccc1O[C@@H]1O[C@H](COC(=O)c2cc(O)c(O)c(O)c2)[C@@H](O)[C@H](OC(=O)c2cc(O)c(O)c(O)c2)[C@H]1O. The number of benzene rings is 3. The summed E-state index contributed by atoms with van der Waals surface area (Å²) in [6, 6.07) is 6.45. The normalized spacial score (nSPS) is 21.3. The largest absolute Gasteiger partial charge is 0.508 e. The van der Waals surface area contributed by atoms with Gasteiger partial charge in [0.15, 0.2) is 52.5 Å². The lowest BCUT2D eigenvalue weighted by molar-refractivity contribution is -0.276. The van der Waals surface area contributed by atoms with Crippen molar-refractivity contribution in [3.05, 3.63) is 59.2 Å². The van der Waals surface area contributed by atoms with Crippen LogP contribution in [0.4, 0.5) is 0 Å². The van der Waals surface area contributed by atoms with Crippen LogP contribution < -0.4 is 4.74 Å². The molecule has 0 amide bonds. The van der Waals surface area contributed by atoms with Crippen LogP contribution in [-0.2, 0) is 14.2 Å². The maximum absolute atomic E-state index is 12.9. The molecule has 1 aliphatic rings. The van der Waals surface area contributed by atoms with Gasteiger partial charge in [-0.25, -0.2) is 9.59 Å². The second-order valence-corrected chi connectivity index (χ2v) is 9.57. The maximum Gasteiger partial charge on any atom is 0.338 e. The third-order valence-electron chi connectivity index (χ3n) is 6.46. The molecule has 1 saturated heterocycles. The zero-order chi connectivity index (χ0) is 32.5. The van der Waals surface area contributed by atoms with Crippen molar-refractivity contribution in [3.8, 4) is 46.0 Å². The summed E-state index contributed by atoms with van der Waals surface area (Å²) in [7, 11) is 0. The highest BCUT2D eigenvalue weighted by Gasteiger charge is 2.49. The Labute approximate surface area is 246 Å². The van der Waals surface area contributed by atoms with Crippen LogP contribution in [0.3, 0.4) is 0 Å². The molecule has 0 spiro atoms. The number of phenols is 7. The van der Waals surface area contributed by atoms with Gasteiger partial charge in [0, 0.05) is 0 Å². The van der Waals surface area contributed by atoms with Gasteiger partial charge in [-0.15, -0.1) is 0 Å². The van der Waals surface area contributed by atoms with E-state index in [9.17, 15) is 60.3 Å². The van der Waals surface area contributed by atoms with Gasteiger partial charge in [0.1, 0.15) is 30.3 Å². The van der Waals surface area contributed by atoms with Crippen molar-refractivity contribution in [1.82, 2.24) is 0 Å². The number of esters is 2. The summed E-state index contributed by atoms with van der Waals surface area (Å²) in [6.07, 6.45) is -9.24. The molecule has 1 fully saturated rings. The number of hydrogen-bond donors (Lipinski definition) is 9. The summed E-state index contributed by atoms with van der Waals surface area (Å²) in [4.78, 5) is 37.5. The van der Waals surface area contributed by atoms with E-state index in [1.807, 2.05) is 0 Å². The predicted octanol–water partition coefficient (Wildman–Crippen LogP) is 0.736. The zero-order valence-corrected chi connectivity index (χ0v) is 22.5. The molecule has 0 aromatic heterocycles. The minimum Gasteiger partial charge on any atom is -0.508 e. The summed E-state index contributed by atoms with van der Waals surface area (Å²) in [5, 5.41) is 89.6. The minimum atomic E-state index is -1.99. The van der Waals surface area contributed by atoms with Crippen molar-refractivity contribution in [2.24, 2.45) is 0 Å². The van der Waals surface area contributed by atoms with Crippen LogP contribution in [0, 0.1) is 0 Å². The van der Waals surface area contributed by atoms with Gasteiger partial charge in [0.25, 0.3) is 0 Å². The van der Waals surface area contributed by atoms with Gasteiger partial charge >= 0.3 is 11.9 Å². The highest BCUT2D eigenvalue weighted by atomic mass is 16.7. The lowest BCUT2D eigenvalue weighted by atomic mass is 9.98. The summed E-state index contributed by atoms with van der Waals surface area (Å²) >= 11 is 0. The average Bonchev–Trinajstić information content (AvgIpc) is 2.97. The van der Waals surface area contributed by atoms with Gasteiger partial charge in [-0.3, -0.25) is 4.79 Å². The Kier molecular flexibility index (Phi) is 8.89. The van der Waals surface area contributed by atoms with Crippen LogP contribution in [0.5, 0.6) is 46.0 Å². The van der Waals surface area contributed by atoms with E-state index in [1.54, 1.807) is 0 Å². The van der Waals surface area contributed by atoms with Gasteiger partial charge in [-0.2, -0.15) is 0 Å². The molecule has 3 aromatic rings. The van der Waals surface area contributed by atoms with E-state index in [-0.39, 0.29) is 17.1 Å². The quantitative estimate of drug-likeness (QED) is 0.0956. The molecule has 0 aliphatic carbocycles. The first kappa shape index (κ1) is 31.5. The Bertz CT molecular complexity index is 1550. The molecule has 4 rings (SSSR count). The van der Waals surface area contributed by atoms with Crippen LogP contribution in [0.2, 0.25) is 0 Å². The van der Waals surface area contributed by atoms with Crippen LogP contribution in [0.25, 0.3) is 0 Å². The number of aliphatic hydroxyl groups excluding tert-OH is 2. The van der Waals surface area contributed by atoms with E-state index < -0.39 is 101 Å². The van der Waals surface area contributed by atoms with Crippen LogP contribution in [-0.4, -0.2) is 101 Å². The molecule has 0 bridgehead atoms. The second-order valence-electron chi connectivity index (χ2n) is 9.57. The average molecular weight is 619 g/mol. The zero-order valence-electron chi connectivity index (χ0n) is 22.5. The molecule has 1 heterocycles. The molecule has 9 N–H and O–H groups in total. The fourth-order valence-electron chi connectivity index (χ4n) is 4.17. The third kappa shape index (κ3) is 6.46. The fraction of sp³-hybridized carbons (Fsp3) is 0.250. The lowest BCUT2D eigenvalue weighted by Crippen LogP contribution is -2.61. The number of carbonyl (C=O) groups is 3. The van der Waals surface area contributed by atoms with Gasteiger partial charge < -0.3 is 64.9 Å². The Morgan fingerprint density at radius 2 is 1.27 bits per heavy atom. The molecular weight excluding hydrogens is 592 g/mol.